The molecule has 0 amide bonds. The van der Waals surface area contributed by atoms with Crippen LogP contribution in [0.25, 0.3) is 0 Å². The Morgan fingerprint density at radius 3 is 2.80 bits per heavy atom. The van der Waals surface area contributed by atoms with Crippen LogP contribution in [-0.4, -0.2) is 31.1 Å². The lowest BCUT2D eigenvalue weighted by Gasteiger charge is -2.03. The van der Waals surface area contributed by atoms with Crippen molar-refractivity contribution in [3.63, 3.8) is 0 Å². The highest BCUT2D eigenvalue weighted by Gasteiger charge is 1.92. The summed E-state index contributed by atoms with van der Waals surface area (Å²) in [5.41, 5.74) is 5.57. The summed E-state index contributed by atoms with van der Waals surface area (Å²) in [5, 5.41) is 3.11. The molecule has 0 spiro atoms. The molecule has 0 aromatic rings. The average Bonchev–Trinajstić information content (AvgIpc) is 1.87. The van der Waals surface area contributed by atoms with Gasteiger partial charge in [0.05, 0.1) is 0 Å². The molecule has 1 unspecified atom stereocenters. The van der Waals surface area contributed by atoms with Gasteiger partial charge in [-0.25, -0.2) is 0 Å². The van der Waals surface area contributed by atoms with Gasteiger partial charge >= 0.3 is 0 Å². The molecule has 0 aliphatic carbocycles. The molecule has 0 aromatic heterocycles. The molecule has 0 saturated heterocycles. The molecule has 62 valence electrons. The van der Waals surface area contributed by atoms with E-state index < -0.39 is 0 Å². The number of nitrogens with one attached hydrogen (secondary N) is 1. The van der Waals surface area contributed by atoms with Crippen molar-refractivity contribution in [2.45, 2.75) is 19.4 Å². The second-order valence-electron chi connectivity index (χ2n) is 2.51. The second kappa shape index (κ2) is 7.38. The van der Waals surface area contributed by atoms with Gasteiger partial charge in [-0.1, -0.05) is 0 Å². The van der Waals surface area contributed by atoms with E-state index in [1.54, 1.807) is 0 Å². The SMILES string of the molecule is CNCCCSCC(C)N. The van der Waals surface area contributed by atoms with E-state index in [0.717, 1.165) is 12.3 Å². The van der Waals surface area contributed by atoms with Crippen LogP contribution in [0.3, 0.4) is 0 Å². The molecule has 0 fully saturated rings. The summed E-state index contributed by atoms with van der Waals surface area (Å²) in [4.78, 5) is 0. The van der Waals surface area contributed by atoms with Crippen LogP contribution in [0.5, 0.6) is 0 Å². The summed E-state index contributed by atoms with van der Waals surface area (Å²) < 4.78 is 0. The van der Waals surface area contributed by atoms with E-state index in [-0.39, 0.29) is 0 Å². The monoisotopic (exact) mass is 162 g/mol. The Morgan fingerprint density at radius 2 is 2.30 bits per heavy atom. The van der Waals surface area contributed by atoms with Gasteiger partial charge in [-0.15, -0.1) is 0 Å². The Bertz CT molecular complexity index is 66.6. The zero-order chi connectivity index (χ0) is 7.82. The molecule has 0 aromatic carbocycles. The van der Waals surface area contributed by atoms with Crippen LogP contribution < -0.4 is 11.1 Å². The smallest absolute Gasteiger partial charge is 0.0101 e. The molecule has 0 saturated carbocycles. The summed E-state index contributed by atoms with van der Waals surface area (Å²) in [7, 11) is 1.98. The maximum Gasteiger partial charge on any atom is 0.0101 e. The predicted octanol–water partition coefficient (Wildman–Crippen LogP) is 0.676. The third-order valence-electron chi connectivity index (χ3n) is 1.10. The summed E-state index contributed by atoms with van der Waals surface area (Å²) in [5.74, 6) is 2.31. The molecule has 10 heavy (non-hydrogen) atoms. The lowest BCUT2D eigenvalue weighted by atomic mass is 10.4. The molecule has 0 radical (unpaired) electrons. The summed E-state index contributed by atoms with van der Waals surface area (Å²) in [6.07, 6.45) is 1.24. The van der Waals surface area contributed by atoms with Gasteiger partial charge in [-0.3, -0.25) is 0 Å². The van der Waals surface area contributed by atoms with Crippen LogP contribution in [0.15, 0.2) is 0 Å². The van der Waals surface area contributed by atoms with Crippen LogP contribution in [0.1, 0.15) is 13.3 Å². The van der Waals surface area contributed by atoms with Gasteiger partial charge in [0.25, 0.3) is 0 Å². The molecular weight excluding hydrogens is 144 g/mol. The first-order chi connectivity index (χ1) is 4.77. The predicted molar refractivity (Wildman–Crippen MR) is 49.5 cm³/mol. The maximum atomic E-state index is 5.57. The number of rotatable bonds is 6. The third kappa shape index (κ3) is 8.27. The van der Waals surface area contributed by atoms with Crippen LogP contribution >= 0.6 is 11.8 Å². The van der Waals surface area contributed by atoms with Crippen molar-refractivity contribution in [3.8, 4) is 0 Å². The van der Waals surface area contributed by atoms with Crippen molar-refractivity contribution >= 4 is 11.8 Å². The number of nitrogens with two attached hydrogens (primary N) is 1. The van der Waals surface area contributed by atoms with E-state index in [9.17, 15) is 0 Å². The summed E-state index contributed by atoms with van der Waals surface area (Å²) in [6.45, 7) is 3.16. The van der Waals surface area contributed by atoms with Crippen molar-refractivity contribution < 1.29 is 0 Å². The van der Waals surface area contributed by atoms with Crippen LogP contribution in [0.4, 0.5) is 0 Å². The molecule has 0 aliphatic heterocycles. The number of hydrogen-bond donors (Lipinski definition) is 2. The van der Waals surface area contributed by atoms with Gasteiger partial charge in [0.1, 0.15) is 0 Å². The Balaban J connectivity index is 2.77. The Kier molecular flexibility index (Phi) is 7.58. The quantitative estimate of drug-likeness (QED) is 0.564. The highest BCUT2D eigenvalue weighted by Crippen LogP contribution is 2.02. The Morgan fingerprint density at radius 1 is 1.60 bits per heavy atom. The van der Waals surface area contributed by atoms with Gasteiger partial charge < -0.3 is 11.1 Å². The molecule has 1 atom stereocenters. The second-order valence-corrected chi connectivity index (χ2v) is 3.66. The molecule has 0 bridgehead atoms. The summed E-state index contributed by atoms with van der Waals surface area (Å²) >= 11 is 1.94. The molecule has 0 heterocycles. The highest BCUT2D eigenvalue weighted by molar-refractivity contribution is 7.99. The minimum Gasteiger partial charge on any atom is -0.327 e. The molecular formula is C7H18N2S. The zero-order valence-corrected chi connectivity index (χ0v) is 7.71. The summed E-state index contributed by atoms with van der Waals surface area (Å²) in [6, 6.07) is 0.347. The first-order valence-corrected chi connectivity index (χ1v) is 4.90. The zero-order valence-electron chi connectivity index (χ0n) is 6.89. The van der Waals surface area contributed by atoms with Crippen LogP contribution in [-0.2, 0) is 0 Å². The van der Waals surface area contributed by atoms with Crippen molar-refractivity contribution in [3.05, 3.63) is 0 Å². The number of thioether (sulfide) groups is 1. The fourth-order valence-electron chi connectivity index (χ4n) is 0.620. The van der Waals surface area contributed by atoms with E-state index in [2.05, 4.69) is 5.32 Å². The van der Waals surface area contributed by atoms with Gasteiger partial charge in [-0.2, -0.15) is 11.8 Å². The van der Waals surface area contributed by atoms with Gasteiger partial charge in [0, 0.05) is 11.8 Å². The molecule has 0 rings (SSSR count). The van der Waals surface area contributed by atoms with Gasteiger partial charge in [0.15, 0.2) is 0 Å². The van der Waals surface area contributed by atoms with Crippen LogP contribution in [0.2, 0.25) is 0 Å². The van der Waals surface area contributed by atoms with Gasteiger partial charge in [0.2, 0.25) is 0 Å². The van der Waals surface area contributed by atoms with E-state index >= 15 is 0 Å². The lowest BCUT2D eigenvalue weighted by molar-refractivity contribution is 0.776. The maximum absolute atomic E-state index is 5.57. The molecule has 3 N–H and O–H groups in total. The fraction of sp³-hybridized carbons (Fsp3) is 1.00. The van der Waals surface area contributed by atoms with Crippen molar-refractivity contribution in [2.75, 3.05) is 25.1 Å². The minimum absolute atomic E-state index is 0.347. The fourth-order valence-corrected chi connectivity index (χ4v) is 1.51. The molecule has 0 aliphatic rings. The normalized spacial score (nSPS) is 13.5. The highest BCUT2D eigenvalue weighted by atomic mass is 32.2. The van der Waals surface area contributed by atoms with E-state index in [0.29, 0.717) is 6.04 Å². The lowest BCUT2D eigenvalue weighted by Crippen LogP contribution is -2.18. The standard InChI is InChI=1S/C7H18N2S/c1-7(8)6-10-5-3-4-9-2/h7,9H,3-6,8H2,1-2H3. The molecule has 3 heteroatoms. The van der Waals surface area contributed by atoms with E-state index in [1.165, 1.54) is 12.2 Å². The van der Waals surface area contributed by atoms with E-state index in [1.807, 2.05) is 25.7 Å². The number of hydrogen-bond acceptors (Lipinski definition) is 3. The van der Waals surface area contributed by atoms with Crippen molar-refractivity contribution in [2.24, 2.45) is 5.73 Å². The Hall–Kier alpha value is 0.270. The van der Waals surface area contributed by atoms with Crippen LogP contribution in [0, 0.1) is 0 Å². The minimum atomic E-state index is 0.347. The Labute approximate surface area is 67.9 Å². The average molecular weight is 162 g/mol. The van der Waals surface area contributed by atoms with Crippen molar-refractivity contribution in [1.82, 2.24) is 5.32 Å². The van der Waals surface area contributed by atoms with Crippen molar-refractivity contribution in [1.29, 1.82) is 0 Å². The van der Waals surface area contributed by atoms with Gasteiger partial charge in [-0.05, 0) is 32.7 Å². The third-order valence-corrected chi connectivity index (χ3v) is 2.44. The van der Waals surface area contributed by atoms with E-state index in [4.69, 9.17) is 5.73 Å². The molecule has 2 nitrogen and oxygen atoms in total. The topological polar surface area (TPSA) is 38.0 Å². The first kappa shape index (κ1) is 10.3. The first-order valence-electron chi connectivity index (χ1n) is 3.75. The largest absolute Gasteiger partial charge is 0.327 e.